The molecule has 0 saturated carbocycles. The summed E-state index contributed by atoms with van der Waals surface area (Å²) in [5, 5.41) is 2.85. The molecular weight excluding hydrogens is 412 g/mol. The summed E-state index contributed by atoms with van der Waals surface area (Å²) < 4.78 is 17.9. The van der Waals surface area contributed by atoms with Crippen LogP contribution in [0.2, 0.25) is 0 Å². The van der Waals surface area contributed by atoms with E-state index in [1.807, 2.05) is 31.2 Å². The van der Waals surface area contributed by atoms with E-state index in [1.54, 1.807) is 24.4 Å². The molecule has 1 fully saturated rings. The van der Waals surface area contributed by atoms with Crippen LogP contribution < -0.4 is 10.1 Å². The highest BCUT2D eigenvalue weighted by Crippen LogP contribution is 2.33. The van der Waals surface area contributed by atoms with Gasteiger partial charge in [-0.15, -0.1) is 0 Å². The third kappa shape index (κ3) is 4.94. The highest BCUT2D eigenvalue weighted by Gasteiger charge is 2.39. The van der Waals surface area contributed by atoms with Crippen LogP contribution in [-0.4, -0.2) is 30.7 Å². The van der Waals surface area contributed by atoms with E-state index in [4.69, 9.17) is 14.2 Å². The third-order valence-corrected chi connectivity index (χ3v) is 4.67. The van der Waals surface area contributed by atoms with Crippen molar-refractivity contribution in [1.82, 2.24) is 4.98 Å². The zero-order valence-electron chi connectivity index (χ0n) is 15.0. The minimum absolute atomic E-state index is 0.182. The van der Waals surface area contributed by atoms with E-state index in [0.29, 0.717) is 18.2 Å². The van der Waals surface area contributed by atoms with Crippen LogP contribution in [0.5, 0.6) is 5.88 Å². The van der Waals surface area contributed by atoms with Gasteiger partial charge in [-0.25, -0.2) is 4.98 Å². The van der Waals surface area contributed by atoms with E-state index in [2.05, 4.69) is 32.8 Å². The van der Waals surface area contributed by atoms with Gasteiger partial charge in [0.2, 0.25) is 11.8 Å². The molecule has 1 saturated heterocycles. The molecule has 1 aromatic carbocycles. The number of carbonyl (C=O) groups excluding carboxylic acids is 1. The number of ether oxygens (including phenoxy) is 3. The third-order valence-electron chi connectivity index (χ3n) is 4.14. The smallest absolute Gasteiger partial charge is 0.235 e. The number of aromatic nitrogens is 1. The number of nitrogens with one attached hydrogen (secondary N) is 1. The monoisotopic (exact) mass is 432 g/mol. The fourth-order valence-electron chi connectivity index (χ4n) is 2.52. The van der Waals surface area contributed by atoms with Gasteiger partial charge in [-0.05, 0) is 25.1 Å². The molecule has 1 aliphatic heterocycles. The Kier molecular flexibility index (Phi) is 6.26. The van der Waals surface area contributed by atoms with Gasteiger partial charge in [0.25, 0.3) is 0 Å². The van der Waals surface area contributed by atoms with Gasteiger partial charge < -0.3 is 19.5 Å². The quantitative estimate of drug-likeness (QED) is 0.695. The Hall–Kier alpha value is -2.22. The SMILES string of the molecule is C=CCOc1ccc(NC(=O)C2(C)COC(c3ccc(Br)cc3)OC2)cn1. The van der Waals surface area contributed by atoms with Gasteiger partial charge in [0, 0.05) is 16.1 Å². The molecule has 6 nitrogen and oxygen atoms in total. The Morgan fingerprint density at radius 3 is 2.63 bits per heavy atom. The number of amides is 1. The minimum atomic E-state index is -0.788. The molecule has 1 aliphatic rings. The number of hydrogen-bond donors (Lipinski definition) is 1. The lowest BCUT2D eigenvalue weighted by Gasteiger charge is -2.36. The fourth-order valence-corrected chi connectivity index (χ4v) is 2.78. The lowest BCUT2D eigenvalue weighted by Crippen LogP contribution is -2.45. The second-order valence-electron chi connectivity index (χ2n) is 6.51. The van der Waals surface area contributed by atoms with E-state index in [1.165, 1.54) is 0 Å². The zero-order valence-corrected chi connectivity index (χ0v) is 16.6. The van der Waals surface area contributed by atoms with E-state index in [-0.39, 0.29) is 19.1 Å². The van der Waals surface area contributed by atoms with Crippen molar-refractivity contribution in [2.45, 2.75) is 13.2 Å². The Balaban J connectivity index is 1.57. The summed E-state index contributed by atoms with van der Waals surface area (Å²) in [7, 11) is 0. The topological polar surface area (TPSA) is 69.7 Å². The maximum Gasteiger partial charge on any atom is 0.235 e. The average Bonchev–Trinajstić information content (AvgIpc) is 2.69. The predicted molar refractivity (Wildman–Crippen MR) is 105 cm³/mol. The van der Waals surface area contributed by atoms with Crippen molar-refractivity contribution in [2.75, 3.05) is 25.1 Å². The predicted octanol–water partition coefficient (Wildman–Crippen LogP) is 4.10. The molecule has 2 aromatic rings. The minimum Gasteiger partial charge on any atom is -0.473 e. The maximum absolute atomic E-state index is 12.7. The number of nitrogens with zero attached hydrogens (tertiary/aromatic N) is 1. The van der Waals surface area contributed by atoms with E-state index < -0.39 is 11.7 Å². The van der Waals surface area contributed by atoms with Crippen LogP contribution in [0.4, 0.5) is 5.69 Å². The van der Waals surface area contributed by atoms with Gasteiger partial charge in [0.05, 0.1) is 30.5 Å². The standard InChI is InChI=1S/C20H21BrN2O4/c1-3-10-25-17-9-8-16(11-22-17)23-19(24)20(2)12-26-18(27-13-20)14-4-6-15(21)7-5-14/h3-9,11,18H,1,10,12-13H2,2H3,(H,23,24). The summed E-state index contributed by atoms with van der Waals surface area (Å²) in [6.07, 6.45) is 2.72. The van der Waals surface area contributed by atoms with Gasteiger partial charge in [-0.1, -0.05) is 40.7 Å². The Bertz CT molecular complexity index is 785. The van der Waals surface area contributed by atoms with Crippen LogP contribution in [-0.2, 0) is 14.3 Å². The van der Waals surface area contributed by atoms with E-state index in [0.717, 1.165) is 10.0 Å². The summed E-state index contributed by atoms with van der Waals surface area (Å²) in [6.45, 7) is 6.29. The van der Waals surface area contributed by atoms with Gasteiger partial charge >= 0.3 is 0 Å². The van der Waals surface area contributed by atoms with Crippen LogP contribution >= 0.6 is 15.9 Å². The van der Waals surface area contributed by atoms with Gasteiger partial charge in [0.1, 0.15) is 6.61 Å². The lowest BCUT2D eigenvalue weighted by molar-refractivity contribution is -0.226. The molecule has 27 heavy (non-hydrogen) atoms. The molecule has 0 spiro atoms. The Morgan fingerprint density at radius 2 is 2.04 bits per heavy atom. The summed E-state index contributed by atoms with van der Waals surface area (Å²) in [6, 6.07) is 11.1. The molecule has 2 heterocycles. The molecule has 1 aromatic heterocycles. The zero-order chi connectivity index (χ0) is 19.3. The first-order valence-corrected chi connectivity index (χ1v) is 9.29. The molecule has 142 valence electrons. The number of halogens is 1. The van der Waals surface area contributed by atoms with Crippen molar-refractivity contribution < 1.29 is 19.0 Å². The molecule has 0 unspecified atom stereocenters. The summed E-state index contributed by atoms with van der Waals surface area (Å²) >= 11 is 3.40. The Morgan fingerprint density at radius 1 is 1.33 bits per heavy atom. The normalized spacial score (nSPS) is 22.1. The molecular formula is C20H21BrN2O4. The van der Waals surface area contributed by atoms with E-state index >= 15 is 0 Å². The first kappa shape index (κ1) is 19.5. The summed E-state index contributed by atoms with van der Waals surface area (Å²) in [5.41, 5.74) is 0.714. The van der Waals surface area contributed by atoms with Crippen molar-refractivity contribution in [2.24, 2.45) is 5.41 Å². The number of pyridine rings is 1. The first-order chi connectivity index (χ1) is 13.0. The van der Waals surface area contributed by atoms with Gasteiger partial charge in [-0.2, -0.15) is 0 Å². The molecule has 0 bridgehead atoms. The van der Waals surface area contributed by atoms with Crippen molar-refractivity contribution in [1.29, 1.82) is 0 Å². The number of hydrogen-bond acceptors (Lipinski definition) is 5. The molecule has 1 amide bonds. The van der Waals surface area contributed by atoms with Gasteiger partial charge in [0.15, 0.2) is 6.29 Å². The first-order valence-electron chi connectivity index (χ1n) is 8.50. The number of carbonyl (C=O) groups is 1. The van der Waals surface area contributed by atoms with Crippen LogP contribution in [0.25, 0.3) is 0 Å². The number of anilines is 1. The molecule has 0 atom stereocenters. The van der Waals surface area contributed by atoms with E-state index in [9.17, 15) is 4.79 Å². The highest BCUT2D eigenvalue weighted by atomic mass is 79.9. The fraction of sp³-hybridized carbons (Fsp3) is 0.300. The molecule has 3 rings (SSSR count). The van der Waals surface area contributed by atoms with Crippen LogP contribution in [0.15, 0.2) is 59.7 Å². The average molecular weight is 433 g/mol. The second kappa shape index (κ2) is 8.65. The summed E-state index contributed by atoms with van der Waals surface area (Å²) in [5.74, 6) is 0.291. The highest BCUT2D eigenvalue weighted by molar-refractivity contribution is 9.10. The number of rotatable bonds is 6. The largest absolute Gasteiger partial charge is 0.473 e. The van der Waals surface area contributed by atoms with Crippen molar-refractivity contribution in [3.05, 3.63) is 65.3 Å². The van der Waals surface area contributed by atoms with Crippen molar-refractivity contribution >= 4 is 27.5 Å². The maximum atomic E-state index is 12.7. The van der Waals surface area contributed by atoms with Crippen molar-refractivity contribution in [3.63, 3.8) is 0 Å². The van der Waals surface area contributed by atoms with Crippen molar-refractivity contribution in [3.8, 4) is 5.88 Å². The summed E-state index contributed by atoms with van der Waals surface area (Å²) in [4.78, 5) is 16.8. The van der Waals surface area contributed by atoms with Gasteiger partial charge in [-0.3, -0.25) is 4.79 Å². The number of benzene rings is 1. The molecule has 0 radical (unpaired) electrons. The Labute approximate surface area is 166 Å². The molecule has 1 N–H and O–H groups in total. The molecule has 7 heteroatoms. The van der Waals surface area contributed by atoms with Crippen LogP contribution in [0, 0.1) is 5.41 Å². The lowest BCUT2D eigenvalue weighted by atomic mass is 9.90. The van der Waals surface area contributed by atoms with Crippen LogP contribution in [0.3, 0.4) is 0 Å². The second-order valence-corrected chi connectivity index (χ2v) is 7.42. The molecule has 0 aliphatic carbocycles. The van der Waals surface area contributed by atoms with Crippen LogP contribution in [0.1, 0.15) is 18.8 Å².